The van der Waals surface area contributed by atoms with Gasteiger partial charge >= 0.3 is 0 Å². The summed E-state index contributed by atoms with van der Waals surface area (Å²) in [6.45, 7) is 4.14. The molecule has 0 aliphatic carbocycles. The predicted octanol–water partition coefficient (Wildman–Crippen LogP) is 3.50. The lowest BCUT2D eigenvalue weighted by atomic mass is 10.2. The lowest BCUT2D eigenvalue weighted by molar-refractivity contribution is 0.637. The second-order valence-corrected chi connectivity index (χ2v) is 4.33. The number of amidine groups is 1. The number of aromatic nitrogens is 2. The highest BCUT2D eigenvalue weighted by Crippen LogP contribution is 2.18. The molecule has 0 unspecified atom stereocenters. The molecule has 0 amide bonds. The molecule has 0 aliphatic rings. The Bertz CT molecular complexity index is 640. The fraction of sp³-hybridized carbons (Fsp3) is 0.286. The fourth-order valence-corrected chi connectivity index (χ4v) is 1.68. The van der Waals surface area contributed by atoms with Crippen LogP contribution in [-0.2, 0) is 0 Å². The molecule has 2 rings (SSSR count). The van der Waals surface area contributed by atoms with Gasteiger partial charge in [0.05, 0.1) is 17.4 Å². The average Bonchev–Trinajstić information content (AvgIpc) is 2.79. The number of fused-ring (bicyclic) bond motifs is 1. The molecule has 2 N–H and O–H groups in total. The number of hydrogen-bond acceptors (Lipinski definition) is 2. The van der Waals surface area contributed by atoms with E-state index in [2.05, 4.69) is 34.1 Å². The number of halogens is 1. The van der Waals surface area contributed by atoms with E-state index in [1.54, 1.807) is 13.2 Å². The smallest absolute Gasteiger partial charge is 0.166 e. The molecule has 0 aromatic carbocycles. The number of nitrogens with zero attached hydrogens (tertiary/aromatic N) is 2. The number of pyridine rings is 1. The average molecular weight is 260 g/mol. The van der Waals surface area contributed by atoms with Gasteiger partial charge < -0.3 is 10.3 Å². The molecule has 0 spiro atoms. The Morgan fingerprint density at radius 2 is 2.37 bits per heavy atom. The Hall–Kier alpha value is -2.17. The van der Waals surface area contributed by atoms with Gasteiger partial charge in [-0.05, 0) is 25.5 Å². The van der Waals surface area contributed by atoms with Gasteiger partial charge in [0.1, 0.15) is 11.4 Å². The van der Waals surface area contributed by atoms with Crippen molar-refractivity contribution in [3.63, 3.8) is 0 Å². The second kappa shape index (κ2) is 5.65. The second-order valence-electron chi connectivity index (χ2n) is 4.33. The SMILES string of the molecule is CC/C(C)=C\C(=NC)Nc1cnc2c(F)c[nH]c2c1. The van der Waals surface area contributed by atoms with Crippen LogP contribution in [0.4, 0.5) is 10.1 Å². The van der Waals surface area contributed by atoms with E-state index in [-0.39, 0.29) is 5.82 Å². The van der Waals surface area contributed by atoms with E-state index >= 15 is 0 Å². The van der Waals surface area contributed by atoms with E-state index in [4.69, 9.17) is 0 Å². The third kappa shape index (κ3) is 2.99. The van der Waals surface area contributed by atoms with Gasteiger partial charge in [-0.3, -0.25) is 4.99 Å². The van der Waals surface area contributed by atoms with Crippen molar-refractivity contribution in [2.75, 3.05) is 12.4 Å². The summed E-state index contributed by atoms with van der Waals surface area (Å²) < 4.78 is 13.3. The molecule has 0 radical (unpaired) electrons. The molecule has 0 atom stereocenters. The van der Waals surface area contributed by atoms with Gasteiger partial charge in [0.2, 0.25) is 0 Å². The zero-order valence-corrected chi connectivity index (χ0v) is 11.3. The molecule has 0 saturated carbocycles. The summed E-state index contributed by atoms with van der Waals surface area (Å²) >= 11 is 0. The summed E-state index contributed by atoms with van der Waals surface area (Å²) in [6, 6.07) is 1.81. The molecular formula is C14H17FN4. The van der Waals surface area contributed by atoms with E-state index in [0.29, 0.717) is 11.0 Å². The summed E-state index contributed by atoms with van der Waals surface area (Å²) in [5, 5.41) is 3.16. The minimum atomic E-state index is -0.340. The summed E-state index contributed by atoms with van der Waals surface area (Å²) in [5.74, 6) is 0.417. The summed E-state index contributed by atoms with van der Waals surface area (Å²) in [5.41, 5.74) is 3.01. The molecule has 2 aromatic heterocycles. The Balaban J connectivity index is 2.25. The van der Waals surface area contributed by atoms with Gasteiger partial charge in [0, 0.05) is 13.2 Å². The molecule has 2 heterocycles. The number of rotatable bonds is 3. The van der Waals surface area contributed by atoms with E-state index in [0.717, 1.165) is 17.9 Å². The van der Waals surface area contributed by atoms with Crippen molar-refractivity contribution in [3.8, 4) is 0 Å². The highest BCUT2D eigenvalue weighted by atomic mass is 19.1. The van der Waals surface area contributed by atoms with Crippen LogP contribution >= 0.6 is 0 Å². The summed E-state index contributed by atoms with van der Waals surface area (Å²) in [6.07, 6.45) is 5.86. The Kier molecular flexibility index (Phi) is 3.94. The number of aromatic amines is 1. The van der Waals surface area contributed by atoms with Gasteiger partial charge in [0.25, 0.3) is 0 Å². The number of H-pyrrole nitrogens is 1. The lowest BCUT2D eigenvalue weighted by Gasteiger charge is -2.06. The molecular weight excluding hydrogens is 243 g/mol. The molecule has 2 aromatic rings. The highest BCUT2D eigenvalue weighted by molar-refractivity contribution is 6.04. The molecule has 4 nitrogen and oxygen atoms in total. The summed E-state index contributed by atoms with van der Waals surface area (Å²) in [4.78, 5) is 11.1. The fourth-order valence-electron chi connectivity index (χ4n) is 1.68. The zero-order chi connectivity index (χ0) is 13.8. The van der Waals surface area contributed by atoms with Crippen LogP contribution in [0.15, 0.2) is 35.1 Å². The van der Waals surface area contributed by atoms with E-state index in [1.165, 1.54) is 11.8 Å². The Labute approximate surface area is 111 Å². The van der Waals surface area contributed by atoms with Gasteiger partial charge in [-0.15, -0.1) is 0 Å². The van der Waals surface area contributed by atoms with Gasteiger partial charge in [-0.2, -0.15) is 0 Å². The maximum Gasteiger partial charge on any atom is 0.166 e. The maximum absolute atomic E-state index is 13.3. The number of nitrogens with one attached hydrogen (secondary N) is 2. The largest absolute Gasteiger partial charge is 0.357 e. The minimum Gasteiger partial charge on any atom is -0.357 e. The minimum absolute atomic E-state index is 0.340. The van der Waals surface area contributed by atoms with Crippen molar-refractivity contribution < 1.29 is 4.39 Å². The monoisotopic (exact) mass is 260 g/mol. The Morgan fingerprint density at radius 3 is 3.05 bits per heavy atom. The first-order valence-electron chi connectivity index (χ1n) is 6.17. The van der Waals surface area contributed by atoms with Crippen molar-refractivity contribution >= 4 is 22.6 Å². The quantitative estimate of drug-likeness (QED) is 0.655. The molecule has 0 aliphatic heterocycles. The zero-order valence-electron chi connectivity index (χ0n) is 11.3. The van der Waals surface area contributed by atoms with Crippen LogP contribution in [0.2, 0.25) is 0 Å². The van der Waals surface area contributed by atoms with Gasteiger partial charge in [-0.1, -0.05) is 12.5 Å². The first-order valence-corrected chi connectivity index (χ1v) is 6.17. The van der Waals surface area contributed by atoms with Crippen LogP contribution in [-0.4, -0.2) is 22.9 Å². The predicted molar refractivity (Wildman–Crippen MR) is 77.1 cm³/mol. The van der Waals surface area contributed by atoms with Crippen molar-refractivity contribution in [1.82, 2.24) is 9.97 Å². The van der Waals surface area contributed by atoms with Crippen LogP contribution in [0.5, 0.6) is 0 Å². The van der Waals surface area contributed by atoms with Crippen LogP contribution in [0.1, 0.15) is 20.3 Å². The molecule has 100 valence electrons. The van der Waals surface area contributed by atoms with Crippen LogP contribution in [0.3, 0.4) is 0 Å². The highest BCUT2D eigenvalue weighted by Gasteiger charge is 2.05. The third-order valence-electron chi connectivity index (χ3n) is 2.92. The van der Waals surface area contributed by atoms with Crippen molar-refractivity contribution in [3.05, 3.63) is 35.9 Å². The van der Waals surface area contributed by atoms with E-state index < -0.39 is 0 Å². The van der Waals surface area contributed by atoms with E-state index in [9.17, 15) is 4.39 Å². The molecule has 5 heteroatoms. The first kappa shape index (κ1) is 13.3. The van der Waals surface area contributed by atoms with E-state index in [1.807, 2.05) is 12.1 Å². The maximum atomic E-state index is 13.3. The number of hydrogen-bond donors (Lipinski definition) is 2. The Morgan fingerprint density at radius 1 is 1.58 bits per heavy atom. The standard InChI is InChI=1S/C14H17FN4/c1-4-9(2)5-13(16-3)19-10-6-12-14(18-7-10)11(15)8-17-12/h5-8,17H,4H2,1-3H3,(H,16,19)/b9-5-. The van der Waals surface area contributed by atoms with Crippen LogP contribution in [0, 0.1) is 5.82 Å². The van der Waals surface area contributed by atoms with Crippen molar-refractivity contribution in [1.29, 1.82) is 0 Å². The van der Waals surface area contributed by atoms with Gasteiger partial charge in [0.15, 0.2) is 5.82 Å². The molecule has 0 fully saturated rings. The molecule has 19 heavy (non-hydrogen) atoms. The van der Waals surface area contributed by atoms with Crippen LogP contribution < -0.4 is 5.32 Å². The lowest BCUT2D eigenvalue weighted by Crippen LogP contribution is -2.09. The normalized spacial score (nSPS) is 13.1. The topological polar surface area (TPSA) is 53.1 Å². The third-order valence-corrected chi connectivity index (χ3v) is 2.92. The van der Waals surface area contributed by atoms with Gasteiger partial charge in [-0.25, -0.2) is 9.37 Å². The van der Waals surface area contributed by atoms with Crippen molar-refractivity contribution in [2.24, 2.45) is 4.99 Å². The molecule has 0 saturated heterocycles. The van der Waals surface area contributed by atoms with Crippen molar-refractivity contribution in [2.45, 2.75) is 20.3 Å². The molecule has 0 bridgehead atoms. The number of aliphatic imine (C=N–C) groups is 1. The number of allylic oxidation sites excluding steroid dienone is 1. The summed E-state index contributed by atoms with van der Waals surface area (Å²) in [7, 11) is 1.72. The first-order chi connectivity index (χ1) is 9.13. The number of anilines is 1. The van der Waals surface area contributed by atoms with Crippen LogP contribution in [0.25, 0.3) is 11.0 Å².